The van der Waals surface area contributed by atoms with Crippen molar-refractivity contribution in [2.45, 2.75) is 49.5 Å². The zero-order valence-electron chi connectivity index (χ0n) is 16.6. The molecule has 8 heteroatoms. The van der Waals surface area contributed by atoms with Gasteiger partial charge in [-0.25, -0.2) is 13.4 Å². The molecule has 28 heavy (non-hydrogen) atoms. The summed E-state index contributed by atoms with van der Waals surface area (Å²) < 4.78 is 40.9. The largest absolute Gasteiger partial charge is 0.497 e. The molecule has 1 saturated carbocycles. The fourth-order valence-electron chi connectivity index (χ4n) is 4.05. The van der Waals surface area contributed by atoms with E-state index in [-0.39, 0.29) is 4.90 Å². The predicted octanol–water partition coefficient (Wildman–Crippen LogP) is 3.11. The molecule has 1 aromatic heterocycles. The van der Waals surface area contributed by atoms with E-state index >= 15 is 0 Å². The van der Waals surface area contributed by atoms with E-state index in [0.717, 1.165) is 18.5 Å². The maximum atomic E-state index is 13.3. The zero-order chi connectivity index (χ0) is 19.9. The van der Waals surface area contributed by atoms with Crippen LogP contribution in [0.4, 0.5) is 0 Å². The van der Waals surface area contributed by atoms with Crippen LogP contribution >= 0.6 is 0 Å². The molecule has 1 aliphatic carbocycles. The molecule has 0 atom stereocenters. The van der Waals surface area contributed by atoms with Gasteiger partial charge in [-0.05, 0) is 44.7 Å². The molecule has 2 aromatic rings. The summed E-state index contributed by atoms with van der Waals surface area (Å²) in [6, 6.07) is 5.17. The van der Waals surface area contributed by atoms with Gasteiger partial charge in [0.05, 0.1) is 14.2 Å². The Hall–Kier alpha value is -2.06. The third-order valence-corrected chi connectivity index (χ3v) is 7.65. The van der Waals surface area contributed by atoms with Gasteiger partial charge in [0.25, 0.3) is 0 Å². The van der Waals surface area contributed by atoms with E-state index in [0.29, 0.717) is 36.5 Å². The average molecular weight is 406 g/mol. The normalized spacial score (nSPS) is 19.0. The van der Waals surface area contributed by atoms with E-state index in [1.165, 1.54) is 39.0 Å². The van der Waals surface area contributed by atoms with Crippen molar-refractivity contribution in [2.75, 3.05) is 27.3 Å². The molecular formula is C20H27N3O4S. The van der Waals surface area contributed by atoms with Crippen molar-refractivity contribution in [3.63, 3.8) is 0 Å². The van der Waals surface area contributed by atoms with Crippen LogP contribution in [0.3, 0.4) is 0 Å². The number of rotatable bonds is 6. The molecule has 0 bridgehead atoms. The van der Waals surface area contributed by atoms with Crippen molar-refractivity contribution in [3.8, 4) is 11.5 Å². The first-order chi connectivity index (χ1) is 13.5. The van der Waals surface area contributed by atoms with E-state index in [4.69, 9.17) is 9.47 Å². The second-order valence-corrected chi connectivity index (χ2v) is 9.46. The van der Waals surface area contributed by atoms with Crippen molar-refractivity contribution in [2.24, 2.45) is 0 Å². The fourth-order valence-corrected chi connectivity index (χ4v) is 5.69. The van der Waals surface area contributed by atoms with Crippen molar-refractivity contribution in [3.05, 3.63) is 35.9 Å². The minimum Gasteiger partial charge on any atom is -0.497 e. The minimum atomic E-state index is -3.65. The first kappa shape index (κ1) is 19.3. The molecule has 0 spiro atoms. The van der Waals surface area contributed by atoms with Crippen LogP contribution in [-0.4, -0.2) is 49.6 Å². The van der Waals surface area contributed by atoms with Crippen molar-refractivity contribution in [1.82, 2.24) is 13.9 Å². The molecule has 152 valence electrons. The third-order valence-electron chi connectivity index (χ3n) is 5.73. The van der Waals surface area contributed by atoms with E-state index in [9.17, 15) is 8.42 Å². The molecule has 4 rings (SSSR count). The van der Waals surface area contributed by atoms with Crippen molar-refractivity contribution in [1.29, 1.82) is 0 Å². The molecular weight excluding hydrogens is 378 g/mol. The summed E-state index contributed by atoms with van der Waals surface area (Å²) in [6.45, 7) is 3.05. The lowest BCUT2D eigenvalue weighted by Crippen LogP contribution is -2.39. The molecule has 1 saturated heterocycles. The first-order valence-corrected chi connectivity index (χ1v) is 11.2. The lowest BCUT2D eigenvalue weighted by atomic mass is 10.1. The lowest BCUT2D eigenvalue weighted by molar-refractivity contribution is 0.267. The Labute approximate surface area is 166 Å². The van der Waals surface area contributed by atoms with Crippen molar-refractivity contribution >= 4 is 10.0 Å². The summed E-state index contributed by atoms with van der Waals surface area (Å²) in [5, 5.41) is 0. The summed E-state index contributed by atoms with van der Waals surface area (Å²) >= 11 is 0. The standard InChI is InChI=1S/C20H27N3O4S/c1-14-13-21-20(15-4-5-15)23(14)16-8-10-22(11-9-16)28(24,25)19-12-17(26-2)6-7-18(19)27-3/h6-7,12-13,15-16H,4-5,8-11H2,1-3H3. The second kappa shape index (κ2) is 7.40. The van der Waals surface area contributed by atoms with E-state index in [1.807, 2.05) is 6.20 Å². The van der Waals surface area contributed by atoms with Gasteiger partial charge in [0.15, 0.2) is 0 Å². The number of ether oxygens (including phenoxy) is 2. The Bertz CT molecular complexity index is 958. The number of sulfonamides is 1. The number of methoxy groups -OCH3 is 2. The highest BCUT2D eigenvalue weighted by atomic mass is 32.2. The van der Waals surface area contributed by atoms with Gasteiger partial charge >= 0.3 is 0 Å². The molecule has 0 radical (unpaired) electrons. The third kappa shape index (κ3) is 3.39. The minimum absolute atomic E-state index is 0.158. The molecule has 2 fully saturated rings. The Morgan fingerprint density at radius 2 is 1.79 bits per heavy atom. The highest BCUT2D eigenvalue weighted by molar-refractivity contribution is 7.89. The van der Waals surface area contributed by atoms with Crippen LogP contribution in [0.15, 0.2) is 29.3 Å². The number of benzene rings is 1. The van der Waals surface area contributed by atoms with Crippen LogP contribution in [0.2, 0.25) is 0 Å². The highest BCUT2D eigenvalue weighted by Gasteiger charge is 2.35. The van der Waals surface area contributed by atoms with Crippen LogP contribution in [0.25, 0.3) is 0 Å². The number of nitrogens with zero attached hydrogens (tertiary/aromatic N) is 3. The second-order valence-electron chi connectivity index (χ2n) is 7.55. The molecule has 0 amide bonds. The molecule has 7 nitrogen and oxygen atoms in total. The van der Waals surface area contributed by atoms with Gasteiger partial charge in [0.2, 0.25) is 10.0 Å². The van der Waals surface area contributed by atoms with E-state index in [2.05, 4.69) is 16.5 Å². The smallest absolute Gasteiger partial charge is 0.246 e. The summed E-state index contributed by atoms with van der Waals surface area (Å²) in [6.07, 6.45) is 5.92. The number of hydrogen-bond donors (Lipinski definition) is 0. The van der Waals surface area contributed by atoms with Crippen LogP contribution in [0.5, 0.6) is 11.5 Å². The Kier molecular flexibility index (Phi) is 5.09. The van der Waals surface area contributed by atoms with E-state index in [1.54, 1.807) is 16.4 Å². The monoisotopic (exact) mass is 405 g/mol. The number of aromatic nitrogens is 2. The molecule has 2 aliphatic rings. The van der Waals surface area contributed by atoms with Crippen LogP contribution in [0, 0.1) is 6.92 Å². The molecule has 0 N–H and O–H groups in total. The Balaban J connectivity index is 1.54. The maximum Gasteiger partial charge on any atom is 0.246 e. The number of aryl methyl sites for hydroxylation is 1. The first-order valence-electron chi connectivity index (χ1n) is 9.71. The van der Waals surface area contributed by atoms with Gasteiger partial charge in [-0.1, -0.05) is 0 Å². The summed E-state index contributed by atoms with van der Waals surface area (Å²) in [5.74, 6) is 2.59. The van der Waals surface area contributed by atoms with Crippen LogP contribution in [-0.2, 0) is 10.0 Å². The maximum absolute atomic E-state index is 13.3. The number of piperidine rings is 1. The fraction of sp³-hybridized carbons (Fsp3) is 0.550. The van der Waals surface area contributed by atoms with Crippen LogP contribution in [0.1, 0.15) is 49.2 Å². The van der Waals surface area contributed by atoms with E-state index < -0.39 is 10.0 Å². The summed E-state index contributed by atoms with van der Waals surface area (Å²) in [7, 11) is -0.648. The lowest BCUT2D eigenvalue weighted by Gasteiger charge is -2.33. The molecule has 0 unspecified atom stereocenters. The Morgan fingerprint density at radius 3 is 2.39 bits per heavy atom. The summed E-state index contributed by atoms with van der Waals surface area (Å²) in [4.78, 5) is 4.77. The highest BCUT2D eigenvalue weighted by Crippen LogP contribution is 2.42. The SMILES string of the molecule is COc1ccc(OC)c(S(=O)(=O)N2CCC(n3c(C)cnc3C3CC3)CC2)c1. The van der Waals surface area contributed by atoms with Gasteiger partial charge < -0.3 is 14.0 Å². The topological polar surface area (TPSA) is 73.7 Å². The summed E-state index contributed by atoms with van der Waals surface area (Å²) in [5.41, 5.74) is 1.16. The zero-order valence-corrected chi connectivity index (χ0v) is 17.4. The van der Waals surface area contributed by atoms with Crippen molar-refractivity contribution < 1.29 is 17.9 Å². The van der Waals surface area contributed by atoms with Gasteiger partial charge in [0.1, 0.15) is 22.2 Å². The van der Waals surface area contributed by atoms with Gasteiger partial charge in [-0.2, -0.15) is 4.31 Å². The van der Waals surface area contributed by atoms with Gasteiger partial charge in [-0.15, -0.1) is 0 Å². The Morgan fingerprint density at radius 1 is 1.07 bits per heavy atom. The molecule has 1 aliphatic heterocycles. The quantitative estimate of drug-likeness (QED) is 0.738. The number of hydrogen-bond acceptors (Lipinski definition) is 5. The average Bonchev–Trinajstić information content (AvgIpc) is 3.49. The van der Waals surface area contributed by atoms with Gasteiger partial charge in [0, 0.05) is 43.0 Å². The van der Waals surface area contributed by atoms with Crippen LogP contribution < -0.4 is 9.47 Å². The van der Waals surface area contributed by atoms with Gasteiger partial charge in [-0.3, -0.25) is 0 Å². The number of imidazole rings is 1. The molecule has 1 aromatic carbocycles. The molecule has 2 heterocycles. The predicted molar refractivity (Wildman–Crippen MR) is 106 cm³/mol.